The number of nitrogens with one attached hydrogen (secondary N) is 2. The van der Waals surface area contributed by atoms with Crippen LogP contribution in [0.25, 0.3) is 10.1 Å². The number of hydrogen-bond donors (Lipinski definition) is 2. The van der Waals surface area contributed by atoms with Gasteiger partial charge in [0.1, 0.15) is 16.2 Å². The van der Waals surface area contributed by atoms with Gasteiger partial charge in [-0.3, -0.25) is 0 Å². The Bertz CT molecular complexity index is 870. The Morgan fingerprint density at radius 3 is 2.41 bits per heavy atom. The molecule has 0 spiro atoms. The Hall–Kier alpha value is -2.48. The monoisotopic (exact) mass is 422 g/mol. The van der Waals surface area contributed by atoms with E-state index < -0.39 is 17.7 Å². The number of carbonyl (C=O) groups is 2. The smallest absolute Gasteiger partial charge is 0.407 e. The predicted octanol–water partition coefficient (Wildman–Crippen LogP) is 4.66. The molecule has 1 aromatic carbocycles. The number of fused-ring (bicyclic) bond motifs is 1. The minimum absolute atomic E-state index is 0.149. The van der Waals surface area contributed by atoms with Crippen molar-refractivity contribution < 1.29 is 23.8 Å². The lowest BCUT2D eigenvalue weighted by molar-refractivity contribution is 0.0493. The number of ether oxygens (including phenoxy) is 3. The molecule has 0 aliphatic rings. The van der Waals surface area contributed by atoms with Crippen LogP contribution in [0.4, 0.5) is 10.5 Å². The standard InChI is InChI=1S/C21H30N2O5S/c1-12(2)15(23-20(25)28-21(3,4)5)11-22-17-14-10-13(26-6)8-9-16(14)29-18(17)19(24)27-7/h8-10,12,15,22H,11H2,1-7H3,(H,23,25)/t15-/m1/s1. The number of thiophene rings is 1. The molecule has 1 atom stereocenters. The van der Waals surface area contributed by atoms with Crippen LogP contribution >= 0.6 is 11.3 Å². The molecule has 8 heteroatoms. The number of alkyl carbamates (subject to hydrolysis) is 1. The number of carbonyl (C=O) groups excluding carboxylic acids is 2. The van der Waals surface area contributed by atoms with Crippen LogP contribution in [0.3, 0.4) is 0 Å². The van der Waals surface area contributed by atoms with Crippen molar-refractivity contribution in [1.29, 1.82) is 0 Å². The van der Waals surface area contributed by atoms with Crippen LogP contribution in [-0.2, 0) is 9.47 Å². The van der Waals surface area contributed by atoms with E-state index in [4.69, 9.17) is 14.2 Å². The van der Waals surface area contributed by atoms with Crippen molar-refractivity contribution in [3.63, 3.8) is 0 Å². The lowest BCUT2D eigenvalue weighted by atomic mass is 10.0. The highest BCUT2D eigenvalue weighted by molar-refractivity contribution is 7.21. The van der Waals surface area contributed by atoms with Gasteiger partial charge in [0.25, 0.3) is 0 Å². The first kappa shape index (κ1) is 22.8. The lowest BCUT2D eigenvalue weighted by Gasteiger charge is -2.26. The summed E-state index contributed by atoms with van der Waals surface area (Å²) < 4.78 is 16.6. The molecule has 0 aliphatic heterocycles. The molecule has 0 unspecified atom stereocenters. The van der Waals surface area contributed by atoms with E-state index in [1.54, 1.807) is 7.11 Å². The molecule has 0 radical (unpaired) electrons. The molecule has 1 amide bonds. The van der Waals surface area contributed by atoms with Gasteiger partial charge in [0, 0.05) is 16.6 Å². The molecule has 0 saturated carbocycles. The Morgan fingerprint density at radius 1 is 1.17 bits per heavy atom. The molecule has 7 nitrogen and oxygen atoms in total. The van der Waals surface area contributed by atoms with Crippen molar-refractivity contribution in [3.8, 4) is 5.75 Å². The second kappa shape index (κ2) is 9.35. The maximum absolute atomic E-state index is 12.3. The fraction of sp³-hybridized carbons (Fsp3) is 0.524. The quantitative estimate of drug-likeness (QED) is 0.631. The Kier molecular flexibility index (Phi) is 7.35. The first-order valence-electron chi connectivity index (χ1n) is 9.48. The van der Waals surface area contributed by atoms with Crippen LogP contribution in [0.2, 0.25) is 0 Å². The van der Waals surface area contributed by atoms with Crippen LogP contribution < -0.4 is 15.4 Å². The van der Waals surface area contributed by atoms with Crippen LogP contribution in [-0.4, -0.2) is 44.5 Å². The summed E-state index contributed by atoms with van der Waals surface area (Å²) in [4.78, 5) is 25.0. The highest BCUT2D eigenvalue weighted by atomic mass is 32.1. The van der Waals surface area contributed by atoms with Gasteiger partial charge in [-0.25, -0.2) is 9.59 Å². The fourth-order valence-electron chi connectivity index (χ4n) is 2.74. The Balaban J connectivity index is 2.28. The van der Waals surface area contributed by atoms with E-state index in [1.807, 2.05) is 52.8 Å². The highest BCUT2D eigenvalue weighted by Gasteiger charge is 2.24. The van der Waals surface area contributed by atoms with Crippen molar-refractivity contribution in [2.24, 2.45) is 5.92 Å². The van der Waals surface area contributed by atoms with Gasteiger partial charge >= 0.3 is 12.1 Å². The third kappa shape index (κ3) is 6.00. The highest BCUT2D eigenvalue weighted by Crippen LogP contribution is 2.38. The average molecular weight is 423 g/mol. The van der Waals surface area contributed by atoms with Crippen molar-refractivity contribution in [1.82, 2.24) is 5.32 Å². The van der Waals surface area contributed by atoms with Crippen molar-refractivity contribution in [2.45, 2.75) is 46.3 Å². The SMILES string of the molecule is COC(=O)c1sc2ccc(OC)cc2c1NC[C@@H](NC(=O)OC(C)(C)C)C(C)C. The molecule has 1 aromatic heterocycles. The third-order valence-electron chi connectivity index (χ3n) is 4.27. The number of rotatable bonds is 7. The summed E-state index contributed by atoms with van der Waals surface area (Å²) in [6.07, 6.45) is -0.469. The summed E-state index contributed by atoms with van der Waals surface area (Å²) >= 11 is 1.35. The molecule has 0 saturated heterocycles. The summed E-state index contributed by atoms with van der Waals surface area (Å²) in [7, 11) is 2.96. The maximum Gasteiger partial charge on any atom is 0.407 e. The average Bonchev–Trinajstić information content (AvgIpc) is 3.00. The minimum atomic E-state index is -0.572. The zero-order valence-corrected chi connectivity index (χ0v) is 18.9. The zero-order valence-electron chi connectivity index (χ0n) is 18.0. The number of amides is 1. The van der Waals surface area contributed by atoms with Gasteiger partial charge in [0.05, 0.1) is 25.9 Å². The number of hydrogen-bond acceptors (Lipinski definition) is 7. The number of esters is 1. The van der Waals surface area contributed by atoms with Crippen LogP contribution in [0.15, 0.2) is 18.2 Å². The van der Waals surface area contributed by atoms with Crippen molar-refractivity contribution in [3.05, 3.63) is 23.1 Å². The van der Waals surface area contributed by atoms with Gasteiger partial charge < -0.3 is 24.8 Å². The van der Waals surface area contributed by atoms with Crippen molar-refractivity contribution in [2.75, 3.05) is 26.1 Å². The first-order valence-corrected chi connectivity index (χ1v) is 10.3. The summed E-state index contributed by atoms with van der Waals surface area (Å²) in [6, 6.07) is 5.45. The molecular weight excluding hydrogens is 392 g/mol. The number of benzene rings is 1. The molecule has 2 rings (SSSR count). The topological polar surface area (TPSA) is 85.9 Å². The van der Waals surface area contributed by atoms with E-state index in [1.165, 1.54) is 18.4 Å². The van der Waals surface area contributed by atoms with Crippen LogP contribution in [0, 0.1) is 5.92 Å². The van der Waals surface area contributed by atoms with E-state index >= 15 is 0 Å². The number of anilines is 1. The van der Waals surface area contributed by atoms with Gasteiger partial charge in [0.15, 0.2) is 0 Å². The predicted molar refractivity (Wildman–Crippen MR) is 116 cm³/mol. The molecule has 0 bridgehead atoms. The molecule has 0 fully saturated rings. The van der Waals surface area contributed by atoms with E-state index in [0.29, 0.717) is 22.9 Å². The molecular formula is C21H30N2O5S. The summed E-state index contributed by atoms with van der Waals surface area (Å²) in [5.74, 6) is 0.437. The number of methoxy groups -OCH3 is 2. The summed E-state index contributed by atoms with van der Waals surface area (Å²) in [5, 5.41) is 7.11. The Labute approximate surface area is 175 Å². The molecule has 2 aromatic rings. The van der Waals surface area contributed by atoms with E-state index in [9.17, 15) is 9.59 Å². The van der Waals surface area contributed by atoms with Gasteiger partial charge in [-0.05, 0) is 44.9 Å². The molecule has 2 N–H and O–H groups in total. The van der Waals surface area contributed by atoms with E-state index in [-0.39, 0.29) is 12.0 Å². The van der Waals surface area contributed by atoms with Gasteiger partial charge in [0.2, 0.25) is 0 Å². The second-order valence-corrected chi connectivity index (χ2v) is 9.09. The summed E-state index contributed by atoms with van der Waals surface area (Å²) in [6.45, 7) is 9.91. The normalized spacial score (nSPS) is 12.6. The van der Waals surface area contributed by atoms with Crippen molar-refractivity contribution >= 4 is 39.2 Å². The molecule has 160 valence electrons. The fourth-order valence-corrected chi connectivity index (χ4v) is 3.82. The lowest BCUT2D eigenvalue weighted by Crippen LogP contribution is -2.45. The maximum atomic E-state index is 12.3. The van der Waals surface area contributed by atoms with Gasteiger partial charge in [-0.15, -0.1) is 11.3 Å². The minimum Gasteiger partial charge on any atom is -0.497 e. The second-order valence-electron chi connectivity index (χ2n) is 8.04. The van der Waals surface area contributed by atoms with E-state index in [2.05, 4.69) is 10.6 Å². The molecule has 1 heterocycles. The Morgan fingerprint density at radius 2 is 1.86 bits per heavy atom. The van der Waals surface area contributed by atoms with Gasteiger partial charge in [-0.2, -0.15) is 0 Å². The summed E-state index contributed by atoms with van der Waals surface area (Å²) in [5.41, 5.74) is 0.101. The third-order valence-corrected chi connectivity index (χ3v) is 5.42. The van der Waals surface area contributed by atoms with E-state index in [0.717, 1.165) is 10.1 Å². The first-order chi connectivity index (χ1) is 13.6. The largest absolute Gasteiger partial charge is 0.497 e. The molecule has 29 heavy (non-hydrogen) atoms. The van der Waals surface area contributed by atoms with Crippen LogP contribution in [0.5, 0.6) is 5.75 Å². The zero-order chi connectivity index (χ0) is 21.8. The molecule has 0 aliphatic carbocycles. The van der Waals surface area contributed by atoms with Crippen LogP contribution in [0.1, 0.15) is 44.3 Å². The van der Waals surface area contributed by atoms with Gasteiger partial charge in [-0.1, -0.05) is 13.8 Å².